The summed E-state index contributed by atoms with van der Waals surface area (Å²) in [5.74, 6) is -0.102. The molecule has 2 aromatic carbocycles. The van der Waals surface area contributed by atoms with Crippen molar-refractivity contribution in [1.29, 1.82) is 0 Å². The number of amides is 2. The van der Waals surface area contributed by atoms with E-state index in [-0.39, 0.29) is 16.5 Å². The molecule has 0 unspecified atom stereocenters. The van der Waals surface area contributed by atoms with E-state index in [1.165, 1.54) is 6.07 Å². The molecule has 0 aliphatic carbocycles. The van der Waals surface area contributed by atoms with Crippen molar-refractivity contribution in [2.45, 2.75) is 0 Å². The van der Waals surface area contributed by atoms with Crippen LogP contribution in [0.1, 0.15) is 10.4 Å². The Bertz CT molecular complexity index is 1070. The van der Waals surface area contributed by atoms with Gasteiger partial charge in [0.25, 0.3) is 5.91 Å². The third-order valence-corrected chi connectivity index (χ3v) is 4.04. The summed E-state index contributed by atoms with van der Waals surface area (Å²) in [6.45, 7) is 0. The molecule has 3 rings (SSSR count). The zero-order chi connectivity index (χ0) is 21.0. The molecule has 0 atom stereocenters. The minimum atomic E-state index is -1.55. The third kappa shape index (κ3) is 4.71. The summed E-state index contributed by atoms with van der Waals surface area (Å²) in [4.78, 5) is 22.4. The molecule has 0 radical (unpaired) electrons. The fraction of sp³-hybridized carbons (Fsp3) is 0.0526. The van der Waals surface area contributed by atoms with E-state index < -0.39 is 17.7 Å². The number of aromatic hydroxyl groups is 1. The number of halogens is 1. The predicted molar refractivity (Wildman–Crippen MR) is 103 cm³/mol. The molecule has 0 aliphatic heterocycles. The number of methoxy groups -OCH3 is 1. The van der Waals surface area contributed by atoms with Gasteiger partial charge in [-0.3, -0.25) is 10.1 Å². The molecule has 0 spiro atoms. The fourth-order valence-electron chi connectivity index (χ4n) is 2.41. The molecule has 3 N–H and O–H groups in total. The van der Waals surface area contributed by atoms with Crippen LogP contribution in [0.25, 0.3) is 11.3 Å². The molecule has 0 bridgehead atoms. The van der Waals surface area contributed by atoms with Crippen LogP contribution in [0.2, 0.25) is 5.02 Å². The van der Waals surface area contributed by atoms with Gasteiger partial charge in [0, 0.05) is 17.7 Å². The predicted octanol–water partition coefficient (Wildman–Crippen LogP) is 3.71. The van der Waals surface area contributed by atoms with Crippen LogP contribution in [0.5, 0.6) is 23.1 Å². The van der Waals surface area contributed by atoms with E-state index in [0.29, 0.717) is 22.8 Å². The highest BCUT2D eigenvalue weighted by Gasteiger charge is 2.18. The van der Waals surface area contributed by atoms with Crippen LogP contribution in [-0.4, -0.2) is 39.5 Å². The number of aromatic nitrogens is 2. The molecule has 2 amide bonds. The van der Waals surface area contributed by atoms with Crippen molar-refractivity contribution in [3.8, 4) is 34.4 Å². The average Bonchev–Trinajstić information content (AvgIpc) is 2.69. The molecular weight excluding hydrogens is 402 g/mol. The van der Waals surface area contributed by atoms with Gasteiger partial charge in [0.05, 0.1) is 23.4 Å². The van der Waals surface area contributed by atoms with Crippen LogP contribution < -0.4 is 14.8 Å². The zero-order valence-corrected chi connectivity index (χ0v) is 15.7. The van der Waals surface area contributed by atoms with Gasteiger partial charge in [-0.25, -0.2) is 4.79 Å². The molecule has 9 nitrogen and oxygen atoms in total. The molecule has 0 aliphatic rings. The quantitative estimate of drug-likeness (QED) is 0.574. The van der Waals surface area contributed by atoms with E-state index in [1.54, 1.807) is 48.8 Å². The van der Waals surface area contributed by atoms with E-state index >= 15 is 0 Å². The standard InChI is InChI=1S/C19H14ClN3O6/c1-28-10-3-2-4-11(7-10)29-17-6-5-15(22-23-17)12-9-16(24)13(8-14(12)20)18(25)21-19(26)27/h2-9,24H,1H3,(H,21,25)(H,26,27). The number of imide groups is 1. The van der Waals surface area contributed by atoms with Crippen LogP contribution in [-0.2, 0) is 0 Å². The van der Waals surface area contributed by atoms with Gasteiger partial charge < -0.3 is 19.7 Å². The van der Waals surface area contributed by atoms with Crippen LogP contribution in [0.3, 0.4) is 0 Å². The lowest BCUT2D eigenvalue weighted by Gasteiger charge is -2.09. The van der Waals surface area contributed by atoms with Crippen molar-refractivity contribution in [1.82, 2.24) is 15.5 Å². The number of carbonyl (C=O) groups excluding carboxylic acids is 1. The number of nitrogens with one attached hydrogen (secondary N) is 1. The minimum Gasteiger partial charge on any atom is -0.507 e. The van der Waals surface area contributed by atoms with Crippen LogP contribution >= 0.6 is 11.6 Å². The lowest BCUT2D eigenvalue weighted by molar-refractivity contribution is 0.0945. The maximum atomic E-state index is 11.8. The number of phenolic OH excluding ortho intramolecular Hbond substituents is 1. The smallest absolute Gasteiger partial charge is 0.411 e. The Kier molecular flexibility index (Phi) is 5.79. The molecule has 0 fully saturated rings. The highest BCUT2D eigenvalue weighted by molar-refractivity contribution is 6.33. The average molecular weight is 416 g/mol. The summed E-state index contributed by atoms with van der Waals surface area (Å²) in [6, 6.07) is 12.4. The van der Waals surface area contributed by atoms with E-state index in [2.05, 4.69) is 10.2 Å². The summed E-state index contributed by atoms with van der Waals surface area (Å²) in [5.41, 5.74) is 0.331. The van der Waals surface area contributed by atoms with E-state index in [1.807, 2.05) is 0 Å². The minimum absolute atomic E-state index is 0.0779. The number of benzene rings is 2. The van der Waals surface area contributed by atoms with Gasteiger partial charge in [-0.1, -0.05) is 17.7 Å². The summed E-state index contributed by atoms with van der Waals surface area (Å²) in [6.07, 6.45) is -1.55. The molecule has 3 aromatic rings. The first-order chi connectivity index (χ1) is 13.9. The molecule has 29 heavy (non-hydrogen) atoms. The first-order valence-corrected chi connectivity index (χ1v) is 8.48. The molecule has 10 heteroatoms. The fourth-order valence-corrected chi connectivity index (χ4v) is 2.67. The van der Waals surface area contributed by atoms with Crippen molar-refractivity contribution >= 4 is 23.6 Å². The molecule has 1 heterocycles. The van der Waals surface area contributed by atoms with Crippen LogP contribution in [0, 0.1) is 0 Å². The summed E-state index contributed by atoms with van der Waals surface area (Å²) in [5, 5.41) is 28.4. The normalized spacial score (nSPS) is 10.3. The third-order valence-electron chi connectivity index (χ3n) is 3.73. The molecular formula is C19H14ClN3O6. The Morgan fingerprint density at radius 3 is 2.48 bits per heavy atom. The lowest BCUT2D eigenvalue weighted by Crippen LogP contribution is -2.28. The van der Waals surface area contributed by atoms with Crippen molar-refractivity contribution in [2.75, 3.05) is 7.11 Å². The Morgan fingerprint density at radius 2 is 1.83 bits per heavy atom. The molecule has 0 saturated heterocycles. The van der Waals surface area contributed by atoms with Gasteiger partial charge in [-0.15, -0.1) is 10.2 Å². The highest BCUT2D eigenvalue weighted by atomic mass is 35.5. The first-order valence-electron chi connectivity index (χ1n) is 8.10. The summed E-state index contributed by atoms with van der Waals surface area (Å²) >= 11 is 6.17. The van der Waals surface area contributed by atoms with Gasteiger partial charge >= 0.3 is 6.09 Å². The number of hydrogen-bond donors (Lipinski definition) is 3. The second-order valence-electron chi connectivity index (χ2n) is 5.65. The summed E-state index contributed by atoms with van der Waals surface area (Å²) in [7, 11) is 1.55. The van der Waals surface area contributed by atoms with E-state index in [4.69, 9.17) is 26.2 Å². The lowest BCUT2D eigenvalue weighted by atomic mass is 10.1. The SMILES string of the molecule is COc1cccc(Oc2ccc(-c3cc(O)c(C(=O)NC(=O)O)cc3Cl)nn2)c1. The maximum absolute atomic E-state index is 11.8. The van der Waals surface area contributed by atoms with Crippen molar-refractivity contribution in [3.63, 3.8) is 0 Å². The molecule has 148 valence electrons. The topological polar surface area (TPSA) is 131 Å². The Morgan fingerprint density at radius 1 is 1.07 bits per heavy atom. The van der Waals surface area contributed by atoms with Gasteiger partial charge in [0.2, 0.25) is 5.88 Å². The number of nitrogens with zero attached hydrogens (tertiary/aromatic N) is 2. The highest BCUT2D eigenvalue weighted by Crippen LogP contribution is 2.33. The second kappa shape index (κ2) is 8.44. The first kappa shape index (κ1) is 19.9. The monoisotopic (exact) mass is 415 g/mol. The van der Waals surface area contributed by atoms with Crippen LogP contribution in [0.15, 0.2) is 48.5 Å². The Balaban J connectivity index is 1.83. The van der Waals surface area contributed by atoms with Crippen molar-refractivity contribution in [2.24, 2.45) is 0 Å². The van der Waals surface area contributed by atoms with Crippen molar-refractivity contribution in [3.05, 3.63) is 59.1 Å². The van der Waals surface area contributed by atoms with Crippen molar-refractivity contribution < 1.29 is 29.3 Å². The zero-order valence-electron chi connectivity index (χ0n) is 14.9. The second-order valence-corrected chi connectivity index (χ2v) is 6.05. The number of hydrogen-bond acceptors (Lipinski definition) is 7. The largest absolute Gasteiger partial charge is 0.507 e. The van der Waals surface area contributed by atoms with Gasteiger partial charge in [-0.2, -0.15) is 0 Å². The van der Waals surface area contributed by atoms with Gasteiger partial charge in [0.1, 0.15) is 17.2 Å². The number of carboxylic acid groups (broad SMARTS) is 1. The van der Waals surface area contributed by atoms with E-state index in [0.717, 1.165) is 6.07 Å². The molecule has 0 saturated carbocycles. The van der Waals surface area contributed by atoms with Gasteiger partial charge in [-0.05, 0) is 30.3 Å². The number of ether oxygens (including phenoxy) is 2. The number of rotatable bonds is 5. The van der Waals surface area contributed by atoms with Gasteiger partial charge in [0.15, 0.2) is 0 Å². The number of carbonyl (C=O) groups is 2. The number of phenols is 1. The summed E-state index contributed by atoms with van der Waals surface area (Å²) < 4.78 is 10.7. The molecule has 1 aromatic heterocycles. The van der Waals surface area contributed by atoms with Crippen LogP contribution in [0.4, 0.5) is 4.79 Å². The van der Waals surface area contributed by atoms with E-state index in [9.17, 15) is 14.7 Å². The maximum Gasteiger partial charge on any atom is 0.411 e. The Labute approximate surface area is 169 Å². The Hall–Kier alpha value is -3.85.